The molecule has 1 aromatic carbocycles. The molecule has 0 aromatic heterocycles. The lowest BCUT2D eigenvalue weighted by atomic mass is 9.96. The number of carbonyl (C=O) groups excluding carboxylic acids is 1. The van der Waals surface area contributed by atoms with Crippen LogP contribution in [0, 0.1) is 0 Å². The molecular weight excluding hydrogens is 298 g/mol. The Morgan fingerprint density at radius 2 is 2.00 bits per heavy atom. The number of fused-ring (bicyclic) bond motifs is 1. The zero-order valence-corrected chi connectivity index (χ0v) is 13.2. The molecule has 2 aliphatic rings. The second-order valence-corrected chi connectivity index (χ2v) is 5.16. The molecule has 122 valence electrons. The molecule has 6 nitrogen and oxygen atoms in total. The summed E-state index contributed by atoms with van der Waals surface area (Å²) in [5, 5.41) is 3.25. The number of ketones is 1. The predicted molar refractivity (Wildman–Crippen MR) is 84.2 cm³/mol. The highest BCUT2D eigenvalue weighted by molar-refractivity contribution is 6.06. The largest absolute Gasteiger partial charge is 0.494 e. The van der Waals surface area contributed by atoms with Gasteiger partial charge in [-0.05, 0) is 24.1 Å². The van der Waals surface area contributed by atoms with E-state index in [0.29, 0.717) is 24.7 Å². The van der Waals surface area contributed by atoms with Crippen molar-refractivity contribution in [1.29, 1.82) is 0 Å². The van der Waals surface area contributed by atoms with Gasteiger partial charge in [-0.15, -0.1) is 0 Å². The first-order valence-corrected chi connectivity index (χ1v) is 7.42. The highest BCUT2D eigenvalue weighted by Crippen LogP contribution is 2.34. The zero-order chi connectivity index (χ0) is 16.2. The molecule has 2 aliphatic heterocycles. The van der Waals surface area contributed by atoms with Crippen LogP contribution < -0.4 is 14.8 Å². The Labute approximate surface area is 134 Å². The van der Waals surface area contributed by atoms with E-state index in [9.17, 15) is 4.79 Å². The quantitative estimate of drug-likeness (QED) is 0.852. The number of carbonyl (C=O) groups is 1. The first-order chi connectivity index (χ1) is 11.2. The molecule has 1 N–H and O–H groups in total. The maximum atomic E-state index is 12.3. The number of methoxy groups -OCH3 is 2. The van der Waals surface area contributed by atoms with Crippen molar-refractivity contribution < 1.29 is 23.7 Å². The van der Waals surface area contributed by atoms with Gasteiger partial charge < -0.3 is 24.3 Å². The lowest BCUT2D eigenvalue weighted by molar-refractivity contribution is -0.115. The van der Waals surface area contributed by atoms with Crippen molar-refractivity contribution in [2.75, 3.05) is 34.0 Å². The first kappa shape index (κ1) is 15.3. The maximum Gasteiger partial charge on any atom is 0.225 e. The van der Waals surface area contributed by atoms with Gasteiger partial charge in [0.15, 0.2) is 11.5 Å². The molecule has 0 spiro atoms. The van der Waals surface area contributed by atoms with Gasteiger partial charge >= 0.3 is 0 Å². The summed E-state index contributed by atoms with van der Waals surface area (Å²) in [4.78, 5) is 12.3. The number of benzene rings is 1. The van der Waals surface area contributed by atoms with Crippen LogP contribution in [0.25, 0.3) is 5.70 Å². The fourth-order valence-electron chi connectivity index (χ4n) is 2.63. The number of hydrogen-bond donors (Lipinski definition) is 1. The van der Waals surface area contributed by atoms with Gasteiger partial charge in [0.25, 0.3) is 0 Å². The number of hydrogen-bond acceptors (Lipinski definition) is 6. The highest BCUT2D eigenvalue weighted by Gasteiger charge is 2.20. The molecule has 2 heterocycles. The molecule has 1 aromatic rings. The van der Waals surface area contributed by atoms with E-state index >= 15 is 0 Å². The van der Waals surface area contributed by atoms with Crippen molar-refractivity contribution in [3.63, 3.8) is 0 Å². The highest BCUT2D eigenvalue weighted by atomic mass is 16.6. The molecule has 23 heavy (non-hydrogen) atoms. The van der Waals surface area contributed by atoms with Crippen LogP contribution in [0.15, 0.2) is 30.2 Å². The Morgan fingerprint density at radius 3 is 2.70 bits per heavy atom. The average Bonchev–Trinajstić information content (AvgIpc) is 2.61. The molecule has 0 saturated carbocycles. The standard InChI is InChI=1S/C17H19NO5/c1-20-15-7-11-3-4-18-13(12(11)8-16(15)21-2)9-14(19)17-10-22-5-6-23-17/h7-10,18H,3-6H2,1-2H3/b13-9-. The molecule has 0 saturated heterocycles. The van der Waals surface area contributed by atoms with E-state index in [-0.39, 0.29) is 11.5 Å². The second kappa shape index (κ2) is 6.64. The van der Waals surface area contributed by atoms with Gasteiger partial charge in [0, 0.05) is 23.9 Å². The summed E-state index contributed by atoms with van der Waals surface area (Å²) in [5.41, 5.74) is 2.78. The number of allylic oxidation sites excluding steroid dienone is 1. The van der Waals surface area contributed by atoms with Gasteiger partial charge in [-0.2, -0.15) is 0 Å². The van der Waals surface area contributed by atoms with Crippen molar-refractivity contribution in [3.05, 3.63) is 41.4 Å². The Balaban J connectivity index is 1.95. The zero-order valence-electron chi connectivity index (χ0n) is 13.2. The van der Waals surface area contributed by atoms with Crippen LogP contribution in [0.1, 0.15) is 11.1 Å². The third kappa shape index (κ3) is 3.11. The van der Waals surface area contributed by atoms with Gasteiger partial charge in [-0.25, -0.2) is 0 Å². The Bertz CT molecular complexity index is 678. The second-order valence-electron chi connectivity index (χ2n) is 5.16. The molecule has 0 bridgehead atoms. The van der Waals surface area contributed by atoms with Crippen LogP contribution >= 0.6 is 0 Å². The molecule has 0 amide bonds. The first-order valence-electron chi connectivity index (χ1n) is 7.42. The maximum absolute atomic E-state index is 12.3. The molecular formula is C17H19NO5. The normalized spacial score (nSPS) is 18.0. The van der Waals surface area contributed by atoms with Crippen LogP contribution in [0.2, 0.25) is 0 Å². The van der Waals surface area contributed by atoms with E-state index in [0.717, 1.165) is 29.8 Å². The van der Waals surface area contributed by atoms with E-state index in [1.165, 1.54) is 12.3 Å². The summed E-state index contributed by atoms with van der Waals surface area (Å²) < 4.78 is 21.1. The summed E-state index contributed by atoms with van der Waals surface area (Å²) in [6.45, 7) is 1.60. The predicted octanol–water partition coefficient (Wildman–Crippen LogP) is 1.65. The molecule has 0 unspecified atom stereocenters. The fraction of sp³-hybridized carbons (Fsp3) is 0.353. The van der Waals surface area contributed by atoms with Crippen molar-refractivity contribution in [3.8, 4) is 11.5 Å². The minimum atomic E-state index is -0.227. The third-order valence-corrected chi connectivity index (χ3v) is 3.78. The van der Waals surface area contributed by atoms with Gasteiger partial charge in [-0.1, -0.05) is 0 Å². The van der Waals surface area contributed by atoms with Crippen molar-refractivity contribution in [2.24, 2.45) is 0 Å². The molecule has 0 radical (unpaired) electrons. The molecule has 3 rings (SSSR count). The van der Waals surface area contributed by atoms with Gasteiger partial charge in [-0.3, -0.25) is 4.79 Å². The van der Waals surface area contributed by atoms with E-state index in [1.54, 1.807) is 14.2 Å². The van der Waals surface area contributed by atoms with Crippen LogP contribution in [0.5, 0.6) is 11.5 Å². The number of ether oxygens (including phenoxy) is 4. The van der Waals surface area contributed by atoms with Crippen molar-refractivity contribution in [2.45, 2.75) is 6.42 Å². The summed E-state index contributed by atoms with van der Waals surface area (Å²) in [5.74, 6) is 1.31. The molecule has 6 heteroatoms. The summed E-state index contributed by atoms with van der Waals surface area (Å²) in [7, 11) is 3.20. The van der Waals surface area contributed by atoms with E-state index in [2.05, 4.69) is 5.32 Å². The minimum absolute atomic E-state index is 0.221. The van der Waals surface area contributed by atoms with E-state index in [1.807, 2.05) is 12.1 Å². The Kier molecular flexibility index (Phi) is 4.41. The van der Waals surface area contributed by atoms with Crippen molar-refractivity contribution >= 4 is 11.5 Å². The van der Waals surface area contributed by atoms with Crippen LogP contribution in [0.3, 0.4) is 0 Å². The lowest BCUT2D eigenvalue weighted by Crippen LogP contribution is -2.24. The Morgan fingerprint density at radius 1 is 1.22 bits per heavy atom. The smallest absolute Gasteiger partial charge is 0.225 e. The van der Waals surface area contributed by atoms with Crippen LogP contribution in [-0.2, 0) is 20.7 Å². The van der Waals surface area contributed by atoms with Crippen LogP contribution in [-0.4, -0.2) is 39.8 Å². The number of rotatable bonds is 4. The summed E-state index contributed by atoms with van der Waals surface area (Å²) in [6, 6.07) is 3.83. The molecule has 0 fully saturated rings. The number of nitrogens with one attached hydrogen (secondary N) is 1. The lowest BCUT2D eigenvalue weighted by Gasteiger charge is -2.23. The van der Waals surface area contributed by atoms with Gasteiger partial charge in [0.1, 0.15) is 19.5 Å². The Hall–Kier alpha value is -2.63. The average molecular weight is 317 g/mol. The molecule has 0 atom stereocenters. The minimum Gasteiger partial charge on any atom is -0.494 e. The topological polar surface area (TPSA) is 66.0 Å². The summed E-state index contributed by atoms with van der Waals surface area (Å²) in [6.07, 6.45) is 3.75. The van der Waals surface area contributed by atoms with Crippen LogP contribution in [0.4, 0.5) is 0 Å². The van der Waals surface area contributed by atoms with Crippen molar-refractivity contribution in [1.82, 2.24) is 5.32 Å². The van der Waals surface area contributed by atoms with Gasteiger partial charge in [0.05, 0.1) is 14.2 Å². The molecule has 0 aliphatic carbocycles. The third-order valence-electron chi connectivity index (χ3n) is 3.78. The SMILES string of the molecule is COc1cc2c(cc1OC)/C(=C/C(=O)C1=COCCO1)NCC2. The monoisotopic (exact) mass is 317 g/mol. The van der Waals surface area contributed by atoms with E-state index < -0.39 is 0 Å². The van der Waals surface area contributed by atoms with E-state index in [4.69, 9.17) is 18.9 Å². The fourth-order valence-corrected chi connectivity index (χ4v) is 2.63. The summed E-state index contributed by atoms with van der Waals surface area (Å²) >= 11 is 0. The van der Waals surface area contributed by atoms with Gasteiger partial charge in [0.2, 0.25) is 11.5 Å².